The molecule has 0 aliphatic rings. The first-order valence-electron chi connectivity index (χ1n) is 7.82. The first-order valence-corrected chi connectivity index (χ1v) is 7.82. The van der Waals surface area contributed by atoms with Crippen molar-refractivity contribution in [3.63, 3.8) is 0 Å². The highest BCUT2D eigenvalue weighted by molar-refractivity contribution is 5.95. The van der Waals surface area contributed by atoms with Crippen LogP contribution in [0.2, 0.25) is 0 Å². The summed E-state index contributed by atoms with van der Waals surface area (Å²) in [4.78, 5) is 18.7. The molecule has 23 heavy (non-hydrogen) atoms. The maximum atomic E-state index is 12.2. The molecule has 122 valence electrons. The summed E-state index contributed by atoms with van der Waals surface area (Å²) < 4.78 is 4.98. The van der Waals surface area contributed by atoms with Crippen molar-refractivity contribution >= 4 is 17.4 Å². The summed E-state index contributed by atoms with van der Waals surface area (Å²) in [6.07, 6.45) is 2.47. The number of nitrogens with zero attached hydrogens (tertiary/aromatic N) is 2. The maximum Gasteiger partial charge on any atom is 0.251 e. The van der Waals surface area contributed by atoms with Crippen molar-refractivity contribution in [3.05, 3.63) is 54.2 Å². The van der Waals surface area contributed by atoms with E-state index in [1.807, 2.05) is 36.4 Å². The van der Waals surface area contributed by atoms with Crippen molar-refractivity contribution in [2.45, 2.75) is 13.3 Å². The number of amides is 1. The summed E-state index contributed by atoms with van der Waals surface area (Å²) in [6, 6.07) is 13.6. The van der Waals surface area contributed by atoms with Crippen molar-refractivity contribution in [2.75, 3.05) is 31.7 Å². The summed E-state index contributed by atoms with van der Waals surface area (Å²) in [7, 11) is 1.65. The number of pyridine rings is 1. The van der Waals surface area contributed by atoms with Crippen LogP contribution in [-0.2, 0) is 4.74 Å². The highest BCUT2D eigenvalue weighted by Crippen LogP contribution is 2.23. The second-order valence-electron chi connectivity index (χ2n) is 5.08. The van der Waals surface area contributed by atoms with Gasteiger partial charge in [0.1, 0.15) is 5.82 Å². The topological polar surface area (TPSA) is 54.5 Å². The van der Waals surface area contributed by atoms with E-state index < -0.39 is 0 Å². The molecule has 1 amide bonds. The summed E-state index contributed by atoms with van der Waals surface area (Å²) in [5.41, 5.74) is 1.67. The summed E-state index contributed by atoms with van der Waals surface area (Å²) in [6.45, 7) is 4.07. The number of rotatable bonds is 8. The van der Waals surface area contributed by atoms with Gasteiger partial charge in [0.15, 0.2) is 0 Å². The van der Waals surface area contributed by atoms with Crippen LogP contribution < -0.4 is 10.2 Å². The number of hydrogen-bond donors (Lipinski definition) is 1. The van der Waals surface area contributed by atoms with Crippen molar-refractivity contribution < 1.29 is 9.53 Å². The van der Waals surface area contributed by atoms with E-state index in [1.165, 1.54) is 0 Å². The number of nitrogens with one attached hydrogen (secondary N) is 1. The Kier molecular flexibility index (Phi) is 6.56. The number of para-hydroxylation sites is 1. The lowest BCUT2D eigenvalue weighted by atomic mass is 10.2. The number of carbonyl (C=O) groups is 1. The van der Waals surface area contributed by atoms with Crippen molar-refractivity contribution in [1.82, 2.24) is 10.3 Å². The molecule has 0 spiro atoms. The first-order chi connectivity index (χ1) is 11.3. The van der Waals surface area contributed by atoms with E-state index in [9.17, 15) is 4.79 Å². The average Bonchev–Trinajstić information content (AvgIpc) is 2.60. The molecule has 2 rings (SSSR count). The number of benzene rings is 1. The third-order valence-electron chi connectivity index (χ3n) is 3.48. The number of ether oxygens (including phenoxy) is 1. The van der Waals surface area contributed by atoms with Crippen molar-refractivity contribution in [3.8, 4) is 0 Å². The molecule has 0 atom stereocenters. The number of carbonyl (C=O) groups excluding carboxylic acids is 1. The molecule has 1 heterocycles. The first kappa shape index (κ1) is 17.0. The Balaban J connectivity index is 2.10. The molecule has 1 aromatic carbocycles. The van der Waals surface area contributed by atoms with E-state index in [0.29, 0.717) is 18.7 Å². The van der Waals surface area contributed by atoms with Crippen LogP contribution in [0.25, 0.3) is 0 Å². The zero-order chi connectivity index (χ0) is 16.5. The molecular formula is C18H23N3O2. The fourth-order valence-electron chi connectivity index (χ4n) is 2.31. The molecule has 0 fully saturated rings. The van der Waals surface area contributed by atoms with Gasteiger partial charge in [-0.25, -0.2) is 4.98 Å². The van der Waals surface area contributed by atoms with Crippen LogP contribution in [-0.4, -0.2) is 37.7 Å². The highest BCUT2D eigenvalue weighted by atomic mass is 16.5. The van der Waals surface area contributed by atoms with E-state index >= 15 is 0 Å². The molecule has 5 heteroatoms. The molecule has 0 radical (unpaired) electrons. The van der Waals surface area contributed by atoms with Gasteiger partial charge in [0.05, 0.1) is 0 Å². The molecule has 0 aliphatic heterocycles. The Morgan fingerprint density at radius 2 is 2.04 bits per heavy atom. The molecule has 5 nitrogen and oxygen atoms in total. The molecule has 0 saturated carbocycles. The van der Waals surface area contributed by atoms with Crippen LogP contribution in [0.4, 0.5) is 11.5 Å². The number of methoxy groups -OCH3 is 1. The Morgan fingerprint density at radius 1 is 1.26 bits per heavy atom. The lowest BCUT2D eigenvalue weighted by Gasteiger charge is -2.22. The zero-order valence-electron chi connectivity index (χ0n) is 13.7. The SMILES string of the molecule is CCN(c1ccccc1)c1cc(C(=O)NCCCOC)ccn1. The fourth-order valence-corrected chi connectivity index (χ4v) is 2.31. The molecule has 0 aliphatic carbocycles. The third-order valence-corrected chi connectivity index (χ3v) is 3.48. The van der Waals surface area contributed by atoms with Crippen LogP contribution in [0.5, 0.6) is 0 Å². The van der Waals surface area contributed by atoms with E-state index in [-0.39, 0.29) is 5.91 Å². The van der Waals surface area contributed by atoms with Crippen LogP contribution in [0.3, 0.4) is 0 Å². The quantitative estimate of drug-likeness (QED) is 0.761. The van der Waals surface area contributed by atoms with Crippen molar-refractivity contribution in [2.24, 2.45) is 0 Å². The Hall–Kier alpha value is -2.40. The van der Waals surface area contributed by atoms with E-state index in [0.717, 1.165) is 24.5 Å². The lowest BCUT2D eigenvalue weighted by molar-refractivity contribution is 0.0948. The predicted octanol–water partition coefficient (Wildman–Crippen LogP) is 3.01. The lowest BCUT2D eigenvalue weighted by Crippen LogP contribution is -2.26. The predicted molar refractivity (Wildman–Crippen MR) is 92.2 cm³/mol. The van der Waals surface area contributed by atoms with Gasteiger partial charge in [-0.3, -0.25) is 4.79 Å². The van der Waals surface area contributed by atoms with Crippen LogP contribution in [0.15, 0.2) is 48.7 Å². The van der Waals surface area contributed by atoms with Crippen LogP contribution in [0, 0.1) is 0 Å². The summed E-state index contributed by atoms with van der Waals surface area (Å²) in [5, 5.41) is 2.89. The minimum absolute atomic E-state index is 0.0890. The Bertz CT molecular complexity index is 617. The minimum atomic E-state index is -0.0890. The number of aromatic nitrogens is 1. The third kappa shape index (κ3) is 4.79. The van der Waals surface area contributed by atoms with E-state index in [1.54, 1.807) is 19.4 Å². The molecular weight excluding hydrogens is 290 g/mol. The van der Waals surface area contributed by atoms with Gasteiger partial charge in [-0.15, -0.1) is 0 Å². The smallest absolute Gasteiger partial charge is 0.251 e. The number of hydrogen-bond acceptors (Lipinski definition) is 4. The van der Waals surface area contributed by atoms with Crippen LogP contribution >= 0.6 is 0 Å². The van der Waals surface area contributed by atoms with Crippen LogP contribution in [0.1, 0.15) is 23.7 Å². The fraction of sp³-hybridized carbons (Fsp3) is 0.333. The van der Waals surface area contributed by atoms with Gasteiger partial charge < -0.3 is 15.0 Å². The van der Waals surface area contributed by atoms with E-state index in [4.69, 9.17) is 4.74 Å². The van der Waals surface area contributed by atoms with E-state index in [2.05, 4.69) is 22.1 Å². The van der Waals surface area contributed by atoms with Gasteiger partial charge in [-0.1, -0.05) is 18.2 Å². The van der Waals surface area contributed by atoms with Gasteiger partial charge in [0, 0.05) is 44.3 Å². The largest absolute Gasteiger partial charge is 0.385 e. The second kappa shape index (κ2) is 8.90. The second-order valence-corrected chi connectivity index (χ2v) is 5.08. The normalized spacial score (nSPS) is 10.3. The number of anilines is 2. The molecule has 0 unspecified atom stereocenters. The Morgan fingerprint density at radius 3 is 2.74 bits per heavy atom. The zero-order valence-corrected chi connectivity index (χ0v) is 13.7. The molecule has 2 aromatic rings. The van der Waals surface area contributed by atoms with Gasteiger partial charge in [-0.05, 0) is 37.6 Å². The van der Waals surface area contributed by atoms with Crippen molar-refractivity contribution in [1.29, 1.82) is 0 Å². The van der Waals surface area contributed by atoms with Gasteiger partial charge >= 0.3 is 0 Å². The molecule has 1 aromatic heterocycles. The van der Waals surface area contributed by atoms with Gasteiger partial charge in [-0.2, -0.15) is 0 Å². The average molecular weight is 313 g/mol. The molecule has 0 bridgehead atoms. The summed E-state index contributed by atoms with van der Waals surface area (Å²) in [5.74, 6) is 0.678. The monoisotopic (exact) mass is 313 g/mol. The highest BCUT2D eigenvalue weighted by Gasteiger charge is 2.11. The molecule has 0 saturated heterocycles. The van der Waals surface area contributed by atoms with Gasteiger partial charge in [0.25, 0.3) is 5.91 Å². The Labute approximate surface area is 137 Å². The standard InChI is InChI=1S/C18H23N3O2/c1-3-21(16-8-5-4-6-9-16)17-14-15(10-12-19-17)18(22)20-11-7-13-23-2/h4-6,8-10,12,14H,3,7,11,13H2,1-2H3,(H,20,22). The minimum Gasteiger partial charge on any atom is -0.385 e. The molecule has 1 N–H and O–H groups in total. The van der Waals surface area contributed by atoms with Gasteiger partial charge in [0.2, 0.25) is 0 Å². The summed E-state index contributed by atoms with van der Waals surface area (Å²) >= 11 is 0. The maximum absolute atomic E-state index is 12.2.